The first-order valence-corrected chi connectivity index (χ1v) is 9.44. The highest BCUT2D eigenvalue weighted by atomic mass is 79.9. The van der Waals surface area contributed by atoms with Gasteiger partial charge in [-0.05, 0) is 22.4 Å². The first-order valence-electron chi connectivity index (χ1n) is 6.45. The number of halogens is 2. The molecule has 1 aliphatic rings. The van der Waals surface area contributed by atoms with Gasteiger partial charge in [0.05, 0.1) is 21.7 Å². The van der Waals surface area contributed by atoms with E-state index in [1.807, 2.05) is 30.3 Å². The SMILES string of the molecule is O=S1(=O)CCC(c2nc(Cl)c(Br)c(-c3ccccc3)n2)C1. The molecule has 110 valence electrons. The molecule has 0 radical (unpaired) electrons. The summed E-state index contributed by atoms with van der Waals surface area (Å²) in [6.07, 6.45) is 0.550. The van der Waals surface area contributed by atoms with Crippen molar-refractivity contribution in [3.63, 3.8) is 0 Å². The molecule has 2 aromatic rings. The fourth-order valence-electron chi connectivity index (χ4n) is 2.40. The average Bonchev–Trinajstić information content (AvgIpc) is 2.83. The standard InChI is InChI=1S/C14H12BrClN2O2S/c15-11-12(9-4-2-1-3-5-9)17-14(18-13(11)16)10-6-7-21(19,20)8-10/h1-5,10H,6-8H2. The van der Waals surface area contributed by atoms with E-state index in [2.05, 4.69) is 25.9 Å². The lowest BCUT2D eigenvalue weighted by atomic mass is 10.1. The lowest BCUT2D eigenvalue weighted by Gasteiger charge is -2.11. The van der Waals surface area contributed by atoms with Crippen LogP contribution in [0.5, 0.6) is 0 Å². The Labute approximate surface area is 136 Å². The molecular formula is C14H12BrClN2O2S. The minimum absolute atomic E-state index is 0.0964. The molecule has 1 atom stereocenters. The van der Waals surface area contributed by atoms with Crippen molar-refractivity contribution in [1.82, 2.24) is 9.97 Å². The number of aromatic nitrogens is 2. The lowest BCUT2D eigenvalue weighted by Crippen LogP contribution is -2.08. The molecule has 1 saturated heterocycles. The summed E-state index contributed by atoms with van der Waals surface area (Å²) in [5, 5.41) is 0.308. The monoisotopic (exact) mass is 386 g/mol. The zero-order chi connectivity index (χ0) is 15.0. The van der Waals surface area contributed by atoms with Crippen LogP contribution in [0.3, 0.4) is 0 Å². The Bertz CT molecular complexity index is 781. The summed E-state index contributed by atoms with van der Waals surface area (Å²) in [4.78, 5) is 8.79. The molecule has 2 heterocycles. The molecule has 0 bridgehead atoms. The Hall–Kier alpha value is -0.980. The maximum atomic E-state index is 11.6. The van der Waals surface area contributed by atoms with Crippen LogP contribution in [0.4, 0.5) is 0 Å². The van der Waals surface area contributed by atoms with E-state index in [0.29, 0.717) is 27.6 Å². The van der Waals surface area contributed by atoms with Gasteiger partial charge in [-0.1, -0.05) is 41.9 Å². The van der Waals surface area contributed by atoms with Gasteiger partial charge in [-0.3, -0.25) is 0 Å². The number of hydrogen-bond donors (Lipinski definition) is 0. The molecule has 0 aliphatic carbocycles. The van der Waals surface area contributed by atoms with Gasteiger partial charge in [0.15, 0.2) is 9.84 Å². The zero-order valence-corrected chi connectivity index (χ0v) is 14.1. The molecule has 3 rings (SSSR count). The number of hydrogen-bond acceptors (Lipinski definition) is 4. The molecule has 1 aliphatic heterocycles. The van der Waals surface area contributed by atoms with Crippen LogP contribution in [0.25, 0.3) is 11.3 Å². The molecule has 0 saturated carbocycles. The second kappa shape index (κ2) is 5.66. The molecule has 0 spiro atoms. The first kappa shape index (κ1) is 14.9. The molecule has 1 aromatic carbocycles. The van der Waals surface area contributed by atoms with Gasteiger partial charge >= 0.3 is 0 Å². The largest absolute Gasteiger partial charge is 0.231 e. The summed E-state index contributed by atoms with van der Waals surface area (Å²) >= 11 is 9.58. The van der Waals surface area contributed by atoms with E-state index in [9.17, 15) is 8.42 Å². The zero-order valence-electron chi connectivity index (χ0n) is 11.0. The van der Waals surface area contributed by atoms with Gasteiger partial charge in [0.1, 0.15) is 11.0 Å². The van der Waals surface area contributed by atoms with Crippen molar-refractivity contribution in [2.45, 2.75) is 12.3 Å². The van der Waals surface area contributed by atoms with Crippen molar-refractivity contribution in [2.75, 3.05) is 11.5 Å². The smallest absolute Gasteiger partial charge is 0.151 e. The van der Waals surface area contributed by atoms with E-state index >= 15 is 0 Å². The number of benzene rings is 1. The van der Waals surface area contributed by atoms with Gasteiger partial charge in [0.25, 0.3) is 0 Å². The maximum Gasteiger partial charge on any atom is 0.151 e. The molecule has 1 aromatic heterocycles. The van der Waals surface area contributed by atoms with Gasteiger partial charge in [-0.15, -0.1) is 0 Å². The third-order valence-corrected chi connectivity index (χ3v) is 6.49. The number of nitrogens with zero attached hydrogens (tertiary/aromatic N) is 2. The predicted octanol–water partition coefficient (Wildman–Crippen LogP) is 3.46. The Kier molecular flexibility index (Phi) is 4.03. The topological polar surface area (TPSA) is 59.9 Å². The van der Waals surface area contributed by atoms with Gasteiger partial charge in [-0.25, -0.2) is 18.4 Å². The minimum Gasteiger partial charge on any atom is -0.231 e. The summed E-state index contributed by atoms with van der Waals surface area (Å²) in [6, 6.07) is 9.61. The molecule has 4 nitrogen and oxygen atoms in total. The highest BCUT2D eigenvalue weighted by molar-refractivity contribution is 9.10. The number of rotatable bonds is 2. The van der Waals surface area contributed by atoms with Gasteiger partial charge in [0, 0.05) is 11.5 Å². The first-order chi connectivity index (χ1) is 9.96. The Morgan fingerprint density at radius 3 is 2.52 bits per heavy atom. The van der Waals surface area contributed by atoms with Crippen LogP contribution in [0.15, 0.2) is 34.8 Å². The van der Waals surface area contributed by atoms with Crippen molar-refractivity contribution in [1.29, 1.82) is 0 Å². The Balaban J connectivity index is 2.07. The third kappa shape index (κ3) is 3.12. The van der Waals surface area contributed by atoms with Crippen LogP contribution in [-0.4, -0.2) is 29.9 Å². The van der Waals surface area contributed by atoms with Crippen LogP contribution < -0.4 is 0 Å². The second-order valence-corrected chi connectivity index (χ2v) is 8.38. The summed E-state index contributed by atoms with van der Waals surface area (Å²) < 4.78 is 23.9. The van der Waals surface area contributed by atoms with Gasteiger partial charge in [-0.2, -0.15) is 0 Å². The van der Waals surface area contributed by atoms with Crippen molar-refractivity contribution < 1.29 is 8.42 Å². The molecular weight excluding hydrogens is 376 g/mol. The Morgan fingerprint density at radius 1 is 1.19 bits per heavy atom. The van der Waals surface area contributed by atoms with Gasteiger partial charge in [0.2, 0.25) is 0 Å². The number of sulfone groups is 1. The summed E-state index contributed by atoms with van der Waals surface area (Å²) in [7, 11) is -2.98. The van der Waals surface area contributed by atoms with Crippen LogP contribution in [0.1, 0.15) is 18.2 Å². The average molecular weight is 388 g/mol. The third-order valence-electron chi connectivity index (χ3n) is 3.47. The van der Waals surface area contributed by atoms with E-state index in [0.717, 1.165) is 5.56 Å². The highest BCUT2D eigenvalue weighted by Crippen LogP contribution is 2.34. The fourth-order valence-corrected chi connectivity index (χ4v) is 4.73. The molecule has 0 N–H and O–H groups in total. The van der Waals surface area contributed by atoms with Crippen molar-refractivity contribution in [3.05, 3.63) is 45.8 Å². The highest BCUT2D eigenvalue weighted by Gasteiger charge is 2.31. The lowest BCUT2D eigenvalue weighted by molar-refractivity contribution is 0.601. The van der Waals surface area contributed by atoms with Crippen LogP contribution in [0, 0.1) is 0 Å². The maximum absolute atomic E-state index is 11.6. The van der Waals surface area contributed by atoms with E-state index in [4.69, 9.17) is 11.6 Å². The van der Waals surface area contributed by atoms with Crippen LogP contribution >= 0.6 is 27.5 Å². The van der Waals surface area contributed by atoms with Crippen molar-refractivity contribution >= 4 is 37.4 Å². The quantitative estimate of drug-likeness (QED) is 0.740. The Morgan fingerprint density at radius 2 is 1.90 bits per heavy atom. The molecule has 7 heteroatoms. The van der Waals surface area contributed by atoms with E-state index in [1.165, 1.54) is 0 Å². The molecule has 1 unspecified atom stereocenters. The van der Waals surface area contributed by atoms with Crippen LogP contribution in [0.2, 0.25) is 5.15 Å². The molecule has 21 heavy (non-hydrogen) atoms. The normalized spacial score (nSPS) is 20.6. The summed E-state index contributed by atoms with van der Waals surface area (Å²) in [5.41, 5.74) is 1.60. The van der Waals surface area contributed by atoms with E-state index in [-0.39, 0.29) is 17.4 Å². The summed E-state index contributed by atoms with van der Waals surface area (Å²) in [6.45, 7) is 0. The fraction of sp³-hybridized carbons (Fsp3) is 0.286. The van der Waals surface area contributed by atoms with E-state index < -0.39 is 9.84 Å². The molecule has 0 amide bonds. The second-order valence-electron chi connectivity index (χ2n) is 5.00. The van der Waals surface area contributed by atoms with E-state index in [1.54, 1.807) is 0 Å². The van der Waals surface area contributed by atoms with Crippen molar-refractivity contribution in [2.24, 2.45) is 0 Å². The van der Waals surface area contributed by atoms with Crippen LogP contribution in [-0.2, 0) is 9.84 Å². The summed E-state index contributed by atoms with van der Waals surface area (Å²) in [5.74, 6) is 0.611. The van der Waals surface area contributed by atoms with Gasteiger partial charge < -0.3 is 0 Å². The predicted molar refractivity (Wildman–Crippen MR) is 86.2 cm³/mol. The molecule has 1 fully saturated rings. The van der Waals surface area contributed by atoms with Crippen molar-refractivity contribution in [3.8, 4) is 11.3 Å². The minimum atomic E-state index is -2.98.